The monoisotopic (exact) mass is 210 g/mol. The number of nitrogens with zero attached hydrogens (tertiary/aromatic N) is 1. The van der Waals surface area contributed by atoms with E-state index in [9.17, 15) is 13.2 Å². The van der Waals surface area contributed by atoms with E-state index in [4.69, 9.17) is 0 Å². The molecule has 0 aromatic heterocycles. The molecule has 0 aliphatic carbocycles. The number of hydrogen-bond acceptors (Lipinski definition) is 4. The molecule has 0 unspecified atom stereocenters. The summed E-state index contributed by atoms with van der Waals surface area (Å²) in [6.45, 7) is 0.204. The van der Waals surface area contributed by atoms with Gasteiger partial charge in [0.05, 0.1) is 6.26 Å². The third-order valence-corrected chi connectivity index (χ3v) is 2.72. The van der Waals surface area contributed by atoms with Crippen molar-refractivity contribution in [2.75, 3.05) is 33.5 Å². The molecule has 0 aliphatic rings. The molecule has 1 N–H and O–H groups in total. The molecule has 78 valence electrons. The average Bonchev–Trinajstić information content (AvgIpc) is 2.02. The number of rotatable bonds is 4. The maximum absolute atomic E-state index is 10.8. The zero-order valence-electron chi connectivity index (χ0n) is 7.90. The van der Waals surface area contributed by atoms with E-state index in [0.29, 0.717) is 0 Å². The number of sulfonamides is 1. The van der Waals surface area contributed by atoms with Gasteiger partial charge in [0.2, 0.25) is 10.0 Å². The second-order valence-electron chi connectivity index (χ2n) is 2.47. The van der Waals surface area contributed by atoms with Crippen LogP contribution in [0.2, 0.25) is 0 Å². The van der Waals surface area contributed by atoms with Crippen LogP contribution in [0.3, 0.4) is 0 Å². The molecule has 1 amide bonds. The van der Waals surface area contributed by atoms with Crippen LogP contribution in [0.4, 0.5) is 4.79 Å². The quantitative estimate of drug-likeness (QED) is 0.661. The van der Waals surface area contributed by atoms with E-state index < -0.39 is 16.1 Å². The first-order valence-electron chi connectivity index (χ1n) is 3.63. The van der Waals surface area contributed by atoms with Crippen molar-refractivity contribution in [1.82, 2.24) is 9.62 Å². The molecule has 0 fully saturated rings. The van der Waals surface area contributed by atoms with Gasteiger partial charge in [-0.15, -0.1) is 0 Å². The Hall–Kier alpha value is -0.820. The molecule has 0 spiro atoms. The van der Waals surface area contributed by atoms with Gasteiger partial charge in [0.25, 0.3) is 0 Å². The molecule has 6 nitrogen and oxygen atoms in total. The lowest BCUT2D eigenvalue weighted by molar-refractivity contribution is 0.144. The molecule has 0 saturated carbocycles. The van der Waals surface area contributed by atoms with E-state index in [2.05, 4.69) is 10.1 Å². The van der Waals surface area contributed by atoms with Crippen LogP contribution in [0.25, 0.3) is 0 Å². The molecular weight excluding hydrogens is 196 g/mol. The van der Waals surface area contributed by atoms with Crippen molar-refractivity contribution in [3.63, 3.8) is 0 Å². The Morgan fingerprint density at radius 2 is 2.08 bits per heavy atom. The van der Waals surface area contributed by atoms with E-state index >= 15 is 0 Å². The fourth-order valence-electron chi connectivity index (χ4n) is 0.505. The molecule has 0 aliphatic heterocycles. The standard InChI is InChI=1S/C6H14N2O4S/c1-7-6(9)12-5-4-8(2)13(3,10)11/h4-5H2,1-3H3,(H,7,9). The molecule has 0 saturated heterocycles. The van der Waals surface area contributed by atoms with Gasteiger partial charge in [-0.2, -0.15) is 0 Å². The average molecular weight is 210 g/mol. The van der Waals surface area contributed by atoms with Crippen molar-refractivity contribution >= 4 is 16.1 Å². The number of ether oxygens (including phenoxy) is 1. The van der Waals surface area contributed by atoms with E-state index in [1.807, 2.05) is 0 Å². The summed E-state index contributed by atoms with van der Waals surface area (Å²) in [7, 11) is -0.334. The minimum absolute atomic E-state index is 0.0449. The van der Waals surface area contributed by atoms with Crippen molar-refractivity contribution in [3.8, 4) is 0 Å². The first kappa shape index (κ1) is 12.2. The van der Waals surface area contributed by atoms with Gasteiger partial charge in [-0.3, -0.25) is 0 Å². The summed E-state index contributed by atoms with van der Waals surface area (Å²) < 4.78 is 27.4. The van der Waals surface area contributed by atoms with Gasteiger partial charge in [-0.1, -0.05) is 0 Å². The first-order chi connectivity index (χ1) is 5.88. The van der Waals surface area contributed by atoms with Gasteiger partial charge in [-0.05, 0) is 0 Å². The van der Waals surface area contributed by atoms with Crippen LogP contribution in [0, 0.1) is 0 Å². The van der Waals surface area contributed by atoms with Crippen LogP contribution < -0.4 is 5.32 Å². The number of likely N-dealkylation sites (N-methyl/N-ethyl adjacent to an activating group) is 1. The number of carbonyl (C=O) groups excluding carboxylic acids is 1. The predicted molar refractivity (Wildman–Crippen MR) is 47.9 cm³/mol. The minimum Gasteiger partial charge on any atom is -0.448 e. The van der Waals surface area contributed by atoms with Gasteiger partial charge in [0, 0.05) is 20.6 Å². The zero-order valence-corrected chi connectivity index (χ0v) is 8.72. The summed E-state index contributed by atoms with van der Waals surface area (Å²) in [4.78, 5) is 10.5. The zero-order chi connectivity index (χ0) is 10.5. The Morgan fingerprint density at radius 1 is 1.54 bits per heavy atom. The molecule has 0 radical (unpaired) electrons. The Bertz CT molecular complexity index is 262. The lowest BCUT2D eigenvalue weighted by Crippen LogP contribution is -2.31. The maximum atomic E-state index is 10.8. The summed E-state index contributed by atoms with van der Waals surface area (Å²) in [5.41, 5.74) is 0. The fraction of sp³-hybridized carbons (Fsp3) is 0.833. The van der Waals surface area contributed by atoms with Crippen LogP contribution in [0.5, 0.6) is 0 Å². The second-order valence-corrected chi connectivity index (χ2v) is 4.56. The van der Waals surface area contributed by atoms with Gasteiger partial charge < -0.3 is 10.1 Å². The number of hydrogen-bond donors (Lipinski definition) is 1. The van der Waals surface area contributed by atoms with Crippen LogP contribution in [0.1, 0.15) is 0 Å². The number of alkyl carbamates (subject to hydrolysis) is 1. The minimum atomic E-state index is -3.19. The van der Waals surface area contributed by atoms with Crippen molar-refractivity contribution in [1.29, 1.82) is 0 Å². The molecule has 0 bridgehead atoms. The van der Waals surface area contributed by atoms with E-state index in [1.54, 1.807) is 0 Å². The summed E-state index contributed by atoms with van der Waals surface area (Å²) in [5.74, 6) is 0. The molecular formula is C6H14N2O4S. The predicted octanol–water partition coefficient (Wildman–Crippen LogP) is -0.766. The SMILES string of the molecule is CNC(=O)OCCN(C)S(C)(=O)=O. The second kappa shape index (κ2) is 5.03. The van der Waals surface area contributed by atoms with E-state index in [1.165, 1.54) is 14.1 Å². The molecule has 7 heteroatoms. The third kappa shape index (κ3) is 5.42. The Morgan fingerprint density at radius 3 is 2.46 bits per heavy atom. The third-order valence-electron chi connectivity index (χ3n) is 1.41. The number of amides is 1. The van der Waals surface area contributed by atoms with Crippen molar-refractivity contribution < 1.29 is 17.9 Å². The molecule has 0 heterocycles. The van der Waals surface area contributed by atoms with Crippen molar-refractivity contribution in [2.24, 2.45) is 0 Å². The highest BCUT2D eigenvalue weighted by Crippen LogP contribution is 1.91. The lowest BCUT2D eigenvalue weighted by Gasteiger charge is -2.13. The van der Waals surface area contributed by atoms with Crippen LogP contribution in [0.15, 0.2) is 0 Å². The lowest BCUT2D eigenvalue weighted by atomic mass is 10.7. The summed E-state index contributed by atoms with van der Waals surface area (Å²) >= 11 is 0. The van der Waals surface area contributed by atoms with E-state index in [-0.39, 0.29) is 13.2 Å². The van der Waals surface area contributed by atoms with Gasteiger partial charge in [0.15, 0.2) is 0 Å². The number of nitrogens with one attached hydrogen (secondary N) is 1. The normalized spacial score (nSPS) is 11.4. The van der Waals surface area contributed by atoms with Crippen LogP contribution in [-0.2, 0) is 14.8 Å². The smallest absolute Gasteiger partial charge is 0.406 e. The van der Waals surface area contributed by atoms with Gasteiger partial charge >= 0.3 is 6.09 Å². The Kier molecular flexibility index (Phi) is 4.71. The van der Waals surface area contributed by atoms with Crippen molar-refractivity contribution in [3.05, 3.63) is 0 Å². The summed E-state index contributed by atoms with van der Waals surface area (Å²) in [5, 5.41) is 2.25. The highest BCUT2D eigenvalue weighted by Gasteiger charge is 2.10. The number of carbonyl (C=O) groups is 1. The maximum Gasteiger partial charge on any atom is 0.406 e. The Labute approximate surface area is 77.9 Å². The summed E-state index contributed by atoms with van der Waals surface area (Å²) in [6, 6.07) is 0. The summed E-state index contributed by atoms with van der Waals surface area (Å²) in [6.07, 6.45) is 0.522. The largest absolute Gasteiger partial charge is 0.448 e. The first-order valence-corrected chi connectivity index (χ1v) is 5.48. The van der Waals surface area contributed by atoms with Crippen molar-refractivity contribution in [2.45, 2.75) is 0 Å². The highest BCUT2D eigenvalue weighted by molar-refractivity contribution is 7.88. The molecule has 0 atom stereocenters. The van der Waals surface area contributed by atoms with E-state index in [0.717, 1.165) is 10.6 Å². The highest BCUT2D eigenvalue weighted by atomic mass is 32.2. The van der Waals surface area contributed by atoms with Crippen LogP contribution in [-0.4, -0.2) is 52.3 Å². The van der Waals surface area contributed by atoms with Gasteiger partial charge in [0.1, 0.15) is 6.61 Å². The fourth-order valence-corrected chi connectivity index (χ4v) is 0.911. The molecule has 0 aromatic carbocycles. The molecule has 0 rings (SSSR count). The molecule has 13 heavy (non-hydrogen) atoms. The topological polar surface area (TPSA) is 75.7 Å². The van der Waals surface area contributed by atoms with Crippen LogP contribution >= 0.6 is 0 Å². The molecule has 0 aromatic rings. The van der Waals surface area contributed by atoms with Gasteiger partial charge in [-0.25, -0.2) is 17.5 Å². The Balaban J connectivity index is 3.73.